The Kier molecular flexibility index (Phi) is 4.68. The molecule has 4 rings (SSSR count). The fraction of sp³-hybridized carbons (Fsp3) is 0.300. The predicted molar refractivity (Wildman–Crippen MR) is 106 cm³/mol. The molecular formula is C20H22BrN4+. The Balaban J connectivity index is 1.79. The Hall–Kier alpha value is -1.98. The summed E-state index contributed by atoms with van der Waals surface area (Å²) in [5.74, 6) is 1.86. The lowest BCUT2D eigenvalue weighted by Crippen LogP contribution is -3.14. The van der Waals surface area contributed by atoms with Gasteiger partial charge in [0.05, 0.1) is 38.2 Å². The summed E-state index contributed by atoms with van der Waals surface area (Å²) in [6.45, 7) is 7.88. The highest BCUT2D eigenvalue weighted by Crippen LogP contribution is 2.28. The number of para-hydroxylation sites is 1. The smallest absolute Gasteiger partial charge is 0.162 e. The second-order valence-corrected chi connectivity index (χ2v) is 7.40. The van der Waals surface area contributed by atoms with Crippen LogP contribution in [0.5, 0.6) is 0 Å². The third-order valence-electron chi connectivity index (χ3n) is 4.94. The normalized spacial score (nSPS) is 15.7. The number of likely N-dealkylation sites (N-methyl/N-ethyl adjacent to an activating group) is 1. The Morgan fingerprint density at radius 3 is 2.60 bits per heavy atom. The number of fused-ring (bicyclic) bond motifs is 1. The lowest BCUT2D eigenvalue weighted by Gasteiger charge is -2.33. The summed E-state index contributed by atoms with van der Waals surface area (Å²) >= 11 is 3.55. The van der Waals surface area contributed by atoms with Crippen molar-refractivity contribution in [3.8, 4) is 11.4 Å². The molecule has 3 aromatic rings. The van der Waals surface area contributed by atoms with E-state index < -0.39 is 0 Å². The minimum absolute atomic E-state index is 0.792. The molecule has 0 amide bonds. The van der Waals surface area contributed by atoms with Gasteiger partial charge in [-0.25, -0.2) is 9.97 Å². The van der Waals surface area contributed by atoms with Crippen molar-refractivity contribution in [2.45, 2.75) is 6.92 Å². The van der Waals surface area contributed by atoms with E-state index in [9.17, 15) is 0 Å². The maximum atomic E-state index is 4.97. The zero-order valence-electron chi connectivity index (χ0n) is 14.4. The monoisotopic (exact) mass is 397 g/mol. The van der Waals surface area contributed by atoms with Crippen molar-refractivity contribution in [1.82, 2.24) is 9.97 Å². The molecule has 1 saturated heterocycles. The first-order chi connectivity index (χ1) is 12.2. The van der Waals surface area contributed by atoms with Crippen LogP contribution in [0.25, 0.3) is 22.3 Å². The molecule has 0 aliphatic carbocycles. The molecule has 1 aliphatic rings. The topological polar surface area (TPSA) is 33.5 Å². The minimum atomic E-state index is 0.792. The number of halogens is 1. The van der Waals surface area contributed by atoms with E-state index in [-0.39, 0.29) is 0 Å². The van der Waals surface area contributed by atoms with Crippen molar-refractivity contribution >= 4 is 32.7 Å². The Morgan fingerprint density at radius 2 is 1.84 bits per heavy atom. The average Bonchev–Trinajstić information content (AvgIpc) is 2.67. The van der Waals surface area contributed by atoms with E-state index in [0.29, 0.717) is 0 Å². The second kappa shape index (κ2) is 7.10. The van der Waals surface area contributed by atoms with Gasteiger partial charge in [0, 0.05) is 15.4 Å². The van der Waals surface area contributed by atoms with Crippen molar-refractivity contribution in [1.29, 1.82) is 0 Å². The molecule has 25 heavy (non-hydrogen) atoms. The number of rotatable bonds is 3. The SMILES string of the molecule is CC[NH+]1CCN(c2nc(-c3cccc(Br)c3)nc3ccccc23)CC1. The number of quaternary nitrogens is 1. The molecule has 2 heterocycles. The lowest BCUT2D eigenvalue weighted by atomic mass is 10.1. The van der Waals surface area contributed by atoms with Crippen LogP contribution in [-0.4, -0.2) is 42.7 Å². The molecule has 0 unspecified atom stereocenters. The predicted octanol–water partition coefficient (Wildman–Crippen LogP) is 2.78. The number of nitrogens with one attached hydrogen (secondary N) is 1. The van der Waals surface area contributed by atoms with Gasteiger partial charge in [-0.1, -0.05) is 40.2 Å². The summed E-state index contributed by atoms with van der Waals surface area (Å²) in [6.07, 6.45) is 0. The van der Waals surface area contributed by atoms with E-state index in [4.69, 9.17) is 9.97 Å². The van der Waals surface area contributed by atoms with Crippen molar-refractivity contribution in [3.05, 3.63) is 53.0 Å². The molecule has 1 N–H and O–H groups in total. The van der Waals surface area contributed by atoms with Crippen LogP contribution in [0.15, 0.2) is 53.0 Å². The van der Waals surface area contributed by atoms with E-state index >= 15 is 0 Å². The van der Waals surface area contributed by atoms with Crippen LogP contribution in [0.4, 0.5) is 5.82 Å². The quantitative estimate of drug-likeness (QED) is 0.737. The molecule has 0 saturated carbocycles. The molecule has 0 atom stereocenters. The molecule has 0 radical (unpaired) electrons. The summed E-state index contributed by atoms with van der Waals surface area (Å²) in [4.78, 5) is 13.9. The van der Waals surface area contributed by atoms with Crippen LogP contribution in [0.2, 0.25) is 0 Å². The third-order valence-corrected chi connectivity index (χ3v) is 5.43. The maximum absolute atomic E-state index is 4.97. The van der Waals surface area contributed by atoms with E-state index in [1.165, 1.54) is 19.6 Å². The largest absolute Gasteiger partial charge is 0.345 e. The standard InChI is InChI=1S/C20H21BrN4/c1-2-24-10-12-25(13-11-24)20-17-8-3-4-9-18(17)22-19(23-20)15-6-5-7-16(21)14-15/h3-9,14H,2,10-13H2,1H3/p+1. The molecule has 1 aliphatic heterocycles. The molecular weight excluding hydrogens is 376 g/mol. The number of aromatic nitrogens is 2. The highest BCUT2D eigenvalue weighted by molar-refractivity contribution is 9.10. The molecule has 2 aromatic carbocycles. The average molecular weight is 398 g/mol. The van der Waals surface area contributed by atoms with Gasteiger partial charge >= 0.3 is 0 Å². The van der Waals surface area contributed by atoms with E-state index in [1.54, 1.807) is 4.90 Å². The number of hydrogen-bond acceptors (Lipinski definition) is 3. The van der Waals surface area contributed by atoms with Gasteiger partial charge in [0.1, 0.15) is 5.82 Å². The third kappa shape index (κ3) is 3.39. The van der Waals surface area contributed by atoms with Crippen molar-refractivity contribution < 1.29 is 4.90 Å². The number of hydrogen-bond donors (Lipinski definition) is 1. The molecule has 1 fully saturated rings. The zero-order chi connectivity index (χ0) is 17.2. The Bertz CT molecular complexity index is 888. The van der Waals surface area contributed by atoms with Gasteiger partial charge in [0.2, 0.25) is 0 Å². The van der Waals surface area contributed by atoms with Crippen molar-refractivity contribution in [2.24, 2.45) is 0 Å². The van der Waals surface area contributed by atoms with E-state index in [0.717, 1.165) is 45.7 Å². The molecule has 128 valence electrons. The summed E-state index contributed by atoms with van der Waals surface area (Å²) < 4.78 is 1.04. The summed E-state index contributed by atoms with van der Waals surface area (Å²) in [5.41, 5.74) is 2.05. The number of anilines is 1. The Morgan fingerprint density at radius 1 is 1.04 bits per heavy atom. The lowest BCUT2D eigenvalue weighted by molar-refractivity contribution is -0.898. The van der Waals surface area contributed by atoms with Crippen LogP contribution in [-0.2, 0) is 0 Å². The maximum Gasteiger partial charge on any atom is 0.162 e. The van der Waals surface area contributed by atoms with Crippen LogP contribution >= 0.6 is 15.9 Å². The summed E-state index contributed by atoms with van der Waals surface area (Å²) in [5, 5.41) is 1.14. The van der Waals surface area contributed by atoms with E-state index in [2.05, 4.69) is 58.1 Å². The van der Waals surface area contributed by atoms with Gasteiger partial charge in [-0.3, -0.25) is 0 Å². The van der Waals surface area contributed by atoms with Crippen LogP contribution in [0.3, 0.4) is 0 Å². The Labute approximate surface area is 156 Å². The molecule has 4 nitrogen and oxygen atoms in total. The summed E-state index contributed by atoms with van der Waals surface area (Å²) in [6, 6.07) is 16.5. The van der Waals surface area contributed by atoms with Gasteiger partial charge < -0.3 is 9.80 Å². The highest BCUT2D eigenvalue weighted by Gasteiger charge is 2.22. The van der Waals surface area contributed by atoms with Crippen molar-refractivity contribution in [2.75, 3.05) is 37.6 Å². The first-order valence-corrected chi connectivity index (χ1v) is 9.65. The van der Waals surface area contributed by atoms with Crippen molar-refractivity contribution in [3.63, 3.8) is 0 Å². The van der Waals surface area contributed by atoms with Gasteiger partial charge in [-0.05, 0) is 31.2 Å². The summed E-state index contributed by atoms with van der Waals surface area (Å²) in [7, 11) is 0. The van der Waals surface area contributed by atoms with E-state index in [1.807, 2.05) is 18.2 Å². The number of nitrogens with zero attached hydrogens (tertiary/aromatic N) is 3. The fourth-order valence-electron chi connectivity index (χ4n) is 3.45. The first kappa shape index (κ1) is 16.5. The van der Waals surface area contributed by atoms with Gasteiger partial charge in [-0.15, -0.1) is 0 Å². The molecule has 1 aromatic heterocycles. The van der Waals surface area contributed by atoms with Gasteiger partial charge in [-0.2, -0.15) is 0 Å². The fourth-order valence-corrected chi connectivity index (χ4v) is 3.85. The van der Waals surface area contributed by atoms with Crippen LogP contribution in [0.1, 0.15) is 6.92 Å². The second-order valence-electron chi connectivity index (χ2n) is 6.49. The zero-order valence-corrected chi connectivity index (χ0v) is 16.0. The first-order valence-electron chi connectivity index (χ1n) is 8.86. The van der Waals surface area contributed by atoms with Crippen LogP contribution in [0, 0.1) is 0 Å². The molecule has 0 bridgehead atoms. The van der Waals surface area contributed by atoms with Crippen LogP contribution < -0.4 is 9.80 Å². The minimum Gasteiger partial charge on any atom is -0.345 e. The van der Waals surface area contributed by atoms with Gasteiger partial charge in [0.25, 0.3) is 0 Å². The molecule has 5 heteroatoms. The molecule has 0 spiro atoms. The number of piperazine rings is 1. The van der Waals surface area contributed by atoms with Gasteiger partial charge in [0.15, 0.2) is 5.82 Å². The number of benzene rings is 2. The highest BCUT2D eigenvalue weighted by atomic mass is 79.9.